The zero-order valence-corrected chi connectivity index (χ0v) is 52.3. The van der Waals surface area contributed by atoms with Gasteiger partial charge in [-0.25, -0.2) is 18.8 Å². The second-order valence-corrected chi connectivity index (χ2v) is 19.6. The van der Waals surface area contributed by atoms with Crippen LogP contribution in [0.15, 0.2) is 194 Å². The van der Waals surface area contributed by atoms with Gasteiger partial charge in [-0.1, -0.05) is 121 Å². The minimum Gasteiger partial charge on any atom is -0.465 e. The monoisotopic (exact) mass is 1350 g/mol. The van der Waals surface area contributed by atoms with Gasteiger partial charge in [-0.05, 0) is 115 Å². The summed E-state index contributed by atoms with van der Waals surface area (Å²) in [5.41, 5.74) is 3.35. The van der Waals surface area contributed by atoms with Crippen molar-refractivity contribution in [1.29, 1.82) is 0 Å². The summed E-state index contributed by atoms with van der Waals surface area (Å²) in [7, 11) is 0. The number of nitrogens with zero attached hydrogens (tertiary/aromatic N) is 4. The molecule has 0 saturated heterocycles. The number of para-hydroxylation sites is 4. The van der Waals surface area contributed by atoms with E-state index in [4.69, 9.17) is 33.2 Å². The maximum Gasteiger partial charge on any atom is 0.347 e. The summed E-state index contributed by atoms with van der Waals surface area (Å²) in [6.07, 6.45) is 0.858. The van der Waals surface area contributed by atoms with E-state index in [1.54, 1.807) is 79.7 Å². The molecule has 1 unspecified atom stereocenters. The molecule has 8 rings (SSSR count). The molecular weight excluding hydrogens is 1300 g/mol. The fourth-order valence-electron chi connectivity index (χ4n) is 8.00. The summed E-state index contributed by atoms with van der Waals surface area (Å²) in [6, 6.07) is 50.7. The Balaban J connectivity index is 0.000000236. The van der Waals surface area contributed by atoms with Gasteiger partial charge in [0.25, 0.3) is 20.3 Å². The van der Waals surface area contributed by atoms with Crippen molar-refractivity contribution >= 4 is 41.8 Å². The molecule has 0 aliphatic rings. The molecule has 0 aliphatic carbocycles. The van der Waals surface area contributed by atoms with Gasteiger partial charge >= 0.3 is 41.8 Å². The van der Waals surface area contributed by atoms with Crippen LogP contribution in [-0.2, 0) is 63.1 Å². The molecular formula is C67H59FN4O26. The van der Waals surface area contributed by atoms with Crippen molar-refractivity contribution < 1.29 is 111 Å². The molecule has 31 heteroatoms. The highest BCUT2D eigenvalue weighted by Crippen LogP contribution is 2.29. The zero-order valence-electron chi connectivity index (χ0n) is 52.3. The Morgan fingerprint density at radius 1 is 0.408 bits per heavy atom. The number of benzene rings is 8. The molecule has 8 aromatic rings. The fraction of sp³-hybridized carbons (Fsp3) is 0.179. The van der Waals surface area contributed by atoms with Crippen LogP contribution in [-0.4, -0.2) is 75.3 Å². The molecule has 1 atom stereocenters. The lowest BCUT2D eigenvalue weighted by Crippen LogP contribution is -2.14. The summed E-state index contributed by atoms with van der Waals surface area (Å²) in [5, 5.41) is 37.0. The molecule has 98 heavy (non-hydrogen) atoms. The molecule has 0 heterocycles. The normalized spacial score (nSPS) is 10.3. The highest BCUT2D eigenvalue weighted by atomic mass is 19.1. The highest BCUT2D eigenvalue weighted by molar-refractivity contribution is 5.96. The SMILES string of the molecule is CC(=O)Oc1ccccc1C(=O)Oc1ccc(CO[N+](=O)[O-])cc1.CC(=O)Oc1ccccc1C(=O)Oc1cccc(CO[N+](=O)[O-])c1.CC(=O)Oc1ccccc1C(=O)Oc1ccccc1CO[N+](=O)[O-].CC(C(=O)OCCCCO[N+](=O)[O-])c1ccc(-c2ccccc2)c(F)c1. The summed E-state index contributed by atoms with van der Waals surface area (Å²) in [4.78, 5) is 140. The molecule has 0 aromatic heterocycles. The van der Waals surface area contributed by atoms with E-state index < -0.39 is 73.9 Å². The first kappa shape index (κ1) is 75.5. The predicted octanol–water partition coefficient (Wildman–Crippen LogP) is 11.7. The Bertz CT molecular complexity index is 4100. The minimum atomic E-state index is -0.936. The van der Waals surface area contributed by atoms with Crippen LogP contribution in [0.5, 0.6) is 34.5 Å². The fourth-order valence-corrected chi connectivity index (χ4v) is 8.00. The van der Waals surface area contributed by atoms with E-state index in [-0.39, 0.29) is 84.2 Å². The van der Waals surface area contributed by atoms with E-state index in [9.17, 15) is 78.4 Å². The number of unbranched alkanes of at least 4 members (excludes halogenated alkanes) is 1. The van der Waals surface area contributed by atoms with Crippen molar-refractivity contribution in [2.45, 2.75) is 66.3 Å². The average molecular weight is 1360 g/mol. The maximum absolute atomic E-state index is 14.4. The molecule has 0 bridgehead atoms. The Hall–Kier alpha value is -13.2. The lowest BCUT2D eigenvalue weighted by Gasteiger charge is -2.13. The van der Waals surface area contributed by atoms with Crippen molar-refractivity contribution in [2.75, 3.05) is 13.2 Å². The smallest absolute Gasteiger partial charge is 0.347 e. The van der Waals surface area contributed by atoms with Gasteiger partial charge in [0.05, 0.1) is 19.1 Å². The Kier molecular flexibility index (Phi) is 30.3. The second kappa shape index (κ2) is 39.4. The third kappa shape index (κ3) is 26.8. The number of hydrogen-bond acceptors (Lipinski definition) is 26. The largest absolute Gasteiger partial charge is 0.465 e. The number of hydrogen-bond donors (Lipinski definition) is 0. The molecule has 0 spiro atoms. The topological polar surface area (TPSA) is 394 Å². The van der Waals surface area contributed by atoms with Crippen molar-refractivity contribution in [3.05, 3.63) is 279 Å². The van der Waals surface area contributed by atoms with Crippen LogP contribution in [0, 0.1) is 46.3 Å². The van der Waals surface area contributed by atoms with Crippen LogP contribution in [0.1, 0.15) is 99.8 Å². The van der Waals surface area contributed by atoms with E-state index in [1.807, 2.05) is 30.3 Å². The maximum atomic E-state index is 14.4. The first-order valence-corrected chi connectivity index (χ1v) is 28.7. The third-order valence-corrected chi connectivity index (χ3v) is 12.4. The third-order valence-electron chi connectivity index (χ3n) is 12.4. The van der Waals surface area contributed by atoms with Crippen LogP contribution in [0.25, 0.3) is 11.1 Å². The summed E-state index contributed by atoms with van der Waals surface area (Å²) in [5.74, 6) is -4.55. The highest BCUT2D eigenvalue weighted by Gasteiger charge is 2.22. The van der Waals surface area contributed by atoms with Crippen molar-refractivity contribution in [1.82, 2.24) is 0 Å². The number of halogens is 1. The van der Waals surface area contributed by atoms with E-state index in [0.717, 1.165) is 5.56 Å². The number of rotatable bonds is 27. The van der Waals surface area contributed by atoms with Crippen LogP contribution in [0.3, 0.4) is 0 Å². The zero-order chi connectivity index (χ0) is 71.5. The number of esters is 7. The average Bonchev–Trinajstić information content (AvgIpc) is 0.844. The van der Waals surface area contributed by atoms with E-state index in [2.05, 4.69) is 19.4 Å². The number of carbonyl (C=O) groups is 7. The van der Waals surface area contributed by atoms with Gasteiger partial charge in [0.2, 0.25) is 0 Å². The van der Waals surface area contributed by atoms with Crippen LogP contribution in [0.2, 0.25) is 0 Å². The molecule has 0 amide bonds. The van der Waals surface area contributed by atoms with E-state index in [0.29, 0.717) is 40.7 Å². The van der Waals surface area contributed by atoms with Gasteiger partial charge in [0, 0.05) is 31.9 Å². The molecule has 0 fully saturated rings. The molecule has 8 aromatic carbocycles. The van der Waals surface area contributed by atoms with Gasteiger partial charge < -0.3 is 52.5 Å². The van der Waals surface area contributed by atoms with Gasteiger partial charge in [0.15, 0.2) is 0 Å². The Morgan fingerprint density at radius 3 is 1.35 bits per heavy atom. The molecule has 30 nitrogen and oxygen atoms in total. The molecule has 0 N–H and O–H groups in total. The standard InChI is InChI=1S/C19H20FNO5.3C16H13NO7/c1-14(19(22)25-11-5-6-12-26-21(23)24)16-9-10-17(18(20)13-16)15-7-3-2-4-8-15;1-11(18)23-15-9-5-3-7-13(15)16(19)24-14-8-4-2-6-12(14)10-22-17(20)21;1-11(18)23-15-8-3-2-7-14(15)16(19)24-13-6-4-5-12(9-13)10-22-17(20)21;1-11(18)23-15-5-3-2-4-14(15)16(19)24-13-8-6-12(7-9-13)10-22-17(20)21/h2-4,7-10,13-14H,5-6,11-12H2,1H3;3*2-9H,10H2,1H3. The van der Waals surface area contributed by atoms with Crippen LogP contribution < -0.4 is 28.4 Å². The Labute approximate surface area is 555 Å². The first-order chi connectivity index (χ1) is 46.9. The van der Waals surface area contributed by atoms with Crippen LogP contribution in [0.4, 0.5) is 4.39 Å². The van der Waals surface area contributed by atoms with Crippen molar-refractivity contribution in [2.24, 2.45) is 0 Å². The summed E-state index contributed by atoms with van der Waals surface area (Å²) >= 11 is 0. The van der Waals surface area contributed by atoms with Gasteiger partial charge in [-0.2, -0.15) is 0 Å². The van der Waals surface area contributed by atoms with Gasteiger partial charge in [-0.3, -0.25) is 19.2 Å². The predicted molar refractivity (Wildman–Crippen MR) is 336 cm³/mol. The molecule has 0 saturated carbocycles. The number of carbonyl (C=O) groups excluding carboxylic acids is 7. The van der Waals surface area contributed by atoms with Crippen molar-refractivity contribution in [3.63, 3.8) is 0 Å². The van der Waals surface area contributed by atoms with E-state index >= 15 is 0 Å². The number of ether oxygens (including phenoxy) is 7. The second-order valence-electron chi connectivity index (χ2n) is 19.6. The van der Waals surface area contributed by atoms with E-state index in [1.165, 1.54) is 112 Å². The van der Waals surface area contributed by atoms with Gasteiger partial charge in [-0.15, -0.1) is 40.5 Å². The lowest BCUT2D eigenvalue weighted by molar-refractivity contribution is -0.763. The molecule has 0 aliphatic heterocycles. The summed E-state index contributed by atoms with van der Waals surface area (Å²) in [6.45, 7) is 4.60. The Morgan fingerprint density at radius 2 is 0.847 bits per heavy atom. The lowest BCUT2D eigenvalue weighted by atomic mass is 9.97. The quantitative estimate of drug-likeness (QED) is 0.0152. The first-order valence-electron chi connectivity index (χ1n) is 28.7. The molecule has 510 valence electrons. The van der Waals surface area contributed by atoms with Crippen molar-refractivity contribution in [3.8, 4) is 45.6 Å². The van der Waals surface area contributed by atoms with Crippen LogP contribution >= 0.6 is 0 Å². The minimum absolute atomic E-state index is 0.0355. The molecule has 0 radical (unpaired) electrons. The summed E-state index contributed by atoms with van der Waals surface area (Å²) < 4.78 is 50.1. The van der Waals surface area contributed by atoms with Gasteiger partial charge in [0.1, 0.15) is 76.8 Å².